The minimum atomic E-state index is -0.356. The Kier molecular flexibility index (Phi) is 4.93. The molecule has 0 aromatic heterocycles. The first kappa shape index (κ1) is 15.0. The highest BCUT2D eigenvalue weighted by atomic mass is 16.5. The summed E-state index contributed by atoms with van der Waals surface area (Å²) in [6, 6.07) is 11.3. The van der Waals surface area contributed by atoms with Crippen molar-refractivity contribution >= 4 is 22.5 Å². The van der Waals surface area contributed by atoms with Crippen molar-refractivity contribution in [3.05, 3.63) is 42.0 Å². The van der Waals surface area contributed by atoms with Gasteiger partial charge in [-0.1, -0.05) is 30.3 Å². The van der Waals surface area contributed by atoms with Gasteiger partial charge in [-0.2, -0.15) is 0 Å². The fourth-order valence-electron chi connectivity index (χ4n) is 2.28. The van der Waals surface area contributed by atoms with Gasteiger partial charge >= 0.3 is 5.97 Å². The summed E-state index contributed by atoms with van der Waals surface area (Å²) < 4.78 is 10.1. The zero-order valence-electron chi connectivity index (χ0n) is 12.2. The molecule has 110 valence electrons. The molecular weight excluding hydrogens is 268 g/mol. The van der Waals surface area contributed by atoms with Crippen LogP contribution in [0.4, 0.5) is 0 Å². The third-order valence-corrected chi connectivity index (χ3v) is 3.25. The molecule has 2 aromatic carbocycles. The lowest BCUT2D eigenvalue weighted by atomic mass is 9.98. The summed E-state index contributed by atoms with van der Waals surface area (Å²) >= 11 is 0. The van der Waals surface area contributed by atoms with Crippen LogP contribution in [0.1, 0.15) is 30.1 Å². The number of hydrogen-bond acceptors (Lipinski definition) is 4. The molecule has 0 aliphatic carbocycles. The Hall–Kier alpha value is -2.36. The van der Waals surface area contributed by atoms with Gasteiger partial charge < -0.3 is 9.47 Å². The van der Waals surface area contributed by atoms with Gasteiger partial charge in [-0.05, 0) is 23.8 Å². The number of fused-ring (bicyclic) bond motifs is 1. The van der Waals surface area contributed by atoms with Crippen LogP contribution in [0, 0.1) is 0 Å². The molecule has 21 heavy (non-hydrogen) atoms. The van der Waals surface area contributed by atoms with E-state index in [4.69, 9.17) is 9.47 Å². The van der Waals surface area contributed by atoms with Crippen molar-refractivity contribution in [2.45, 2.75) is 19.8 Å². The zero-order chi connectivity index (χ0) is 15.2. The van der Waals surface area contributed by atoms with Gasteiger partial charge in [0.1, 0.15) is 5.75 Å². The van der Waals surface area contributed by atoms with Gasteiger partial charge in [0.05, 0.1) is 25.7 Å². The summed E-state index contributed by atoms with van der Waals surface area (Å²) in [5, 5.41) is 1.81. The lowest BCUT2D eigenvalue weighted by Crippen LogP contribution is -2.09. The number of rotatable bonds is 6. The highest BCUT2D eigenvalue weighted by molar-refractivity contribution is 6.11. The number of ether oxygens (including phenoxy) is 2. The number of carbonyl (C=O) groups is 2. The smallest absolute Gasteiger partial charge is 0.306 e. The molecule has 0 bridgehead atoms. The summed E-state index contributed by atoms with van der Waals surface area (Å²) in [7, 11) is 1.53. The van der Waals surface area contributed by atoms with Crippen LogP contribution in [0.5, 0.6) is 5.75 Å². The summed E-state index contributed by atoms with van der Waals surface area (Å²) in [4.78, 5) is 23.9. The van der Waals surface area contributed by atoms with E-state index in [1.165, 1.54) is 7.11 Å². The fourth-order valence-corrected chi connectivity index (χ4v) is 2.28. The van der Waals surface area contributed by atoms with E-state index in [0.717, 1.165) is 10.8 Å². The van der Waals surface area contributed by atoms with Crippen molar-refractivity contribution in [2.75, 3.05) is 13.7 Å². The summed E-state index contributed by atoms with van der Waals surface area (Å²) in [5.74, 6) is 0.0596. The molecule has 2 aromatic rings. The molecule has 0 radical (unpaired) electrons. The lowest BCUT2D eigenvalue weighted by Gasteiger charge is -2.11. The average Bonchev–Trinajstić information content (AvgIpc) is 2.51. The highest BCUT2D eigenvalue weighted by Gasteiger charge is 2.17. The minimum Gasteiger partial charge on any atom is -0.496 e. The van der Waals surface area contributed by atoms with E-state index in [2.05, 4.69) is 0 Å². The quantitative estimate of drug-likeness (QED) is 0.603. The normalized spacial score (nSPS) is 10.4. The molecule has 0 saturated carbocycles. The van der Waals surface area contributed by atoms with Crippen molar-refractivity contribution in [1.29, 1.82) is 0 Å². The van der Waals surface area contributed by atoms with E-state index in [-0.39, 0.29) is 24.6 Å². The molecule has 0 fully saturated rings. The Labute approximate surface area is 123 Å². The first-order chi connectivity index (χ1) is 10.2. The number of hydrogen-bond donors (Lipinski definition) is 0. The molecule has 4 heteroatoms. The molecule has 0 spiro atoms. The van der Waals surface area contributed by atoms with Crippen LogP contribution in [-0.2, 0) is 9.53 Å². The van der Waals surface area contributed by atoms with Gasteiger partial charge in [0, 0.05) is 6.42 Å². The SMILES string of the molecule is CCOC(=O)CCC(=O)c1c(OC)ccc2ccccc12. The second kappa shape index (κ2) is 6.88. The van der Waals surface area contributed by atoms with Crippen LogP contribution in [0.3, 0.4) is 0 Å². The molecule has 2 rings (SSSR count). The molecule has 0 saturated heterocycles. The van der Waals surface area contributed by atoms with Gasteiger partial charge in [0.25, 0.3) is 0 Å². The predicted octanol–water partition coefficient (Wildman–Crippen LogP) is 3.37. The third kappa shape index (κ3) is 3.40. The molecule has 0 unspecified atom stereocenters. The topological polar surface area (TPSA) is 52.6 Å². The number of methoxy groups -OCH3 is 1. The van der Waals surface area contributed by atoms with Crippen LogP contribution in [-0.4, -0.2) is 25.5 Å². The van der Waals surface area contributed by atoms with Crippen LogP contribution in [0.25, 0.3) is 10.8 Å². The maximum absolute atomic E-state index is 12.5. The summed E-state index contributed by atoms with van der Waals surface area (Å²) in [6.45, 7) is 2.07. The van der Waals surface area contributed by atoms with E-state index >= 15 is 0 Å². The average molecular weight is 286 g/mol. The second-order valence-electron chi connectivity index (χ2n) is 4.59. The predicted molar refractivity (Wildman–Crippen MR) is 80.7 cm³/mol. The van der Waals surface area contributed by atoms with Crippen molar-refractivity contribution in [3.63, 3.8) is 0 Å². The molecular formula is C17H18O4. The maximum atomic E-state index is 12.5. The van der Waals surface area contributed by atoms with E-state index < -0.39 is 0 Å². The molecule has 0 atom stereocenters. The zero-order valence-corrected chi connectivity index (χ0v) is 12.2. The van der Waals surface area contributed by atoms with Crippen LogP contribution in [0.2, 0.25) is 0 Å². The van der Waals surface area contributed by atoms with Gasteiger partial charge in [0.15, 0.2) is 5.78 Å². The summed E-state index contributed by atoms with van der Waals surface area (Å²) in [5.41, 5.74) is 0.528. The van der Waals surface area contributed by atoms with Crippen LogP contribution in [0.15, 0.2) is 36.4 Å². The van der Waals surface area contributed by atoms with Gasteiger partial charge in [-0.3, -0.25) is 9.59 Å². The van der Waals surface area contributed by atoms with Crippen LogP contribution < -0.4 is 4.74 Å². The summed E-state index contributed by atoms with van der Waals surface area (Å²) in [6.07, 6.45) is 0.197. The maximum Gasteiger partial charge on any atom is 0.306 e. The number of carbonyl (C=O) groups excluding carboxylic acids is 2. The molecule has 0 heterocycles. The van der Waals surface area contributed by atoms with Crippen LogP contribution >= 0.6 is 0 Å². The van der Waals surface area contributed by atoms with Gasteiger partial charge in [0.2, 0.25) is 0 Å². The van der Waals surface area contributed by atoms with Crippen molar-refractivity contribution in [3.8, 4) is 5.75 Å². The van der Waals surface area contributed by atoms with Crippen molar-refractivity contribution in [2.24, 2.45) is 0 Å². The van der Waals surface area contributed by atoms with E-state index in [1.807, 2.05) is 30.3 Å². The Balaban J connectivity index is 2.31. The number of ketones is 1. The Bertz CT molecular complexity index is 661. The molecule has 4 nitrogen and oxygen atoms in total. The monoisotopic (exact) mass is 286 g/mol. The number of benzene rings is 2. The number of Topliss-reactive ketones (excluding diaryl/α,β-unsaturated/α-hetero) is 1. The van der Waals surface area contributed by atoms with Crippen molar-refractivity contribution < 1.29 is 19.1 Å². The Morgan fingerprint density at radius 1 is 1.05 bits per heavy atom. The molecule has 0 amide bonds. The first-order valence-corrected chi connectivity index (χ1v) is 6.92. The first-order valence-electron chi connectivity index (χ1n) is 6.92. The second-order valence-corrected chi connectivity index (χ2v) is 4.59. The Morgan fingerprint density at radius 3 is 2.52 bits per heavy atom. The van der Waals surface area contributed by atoms with E-state index in [9.17, 15) is 9.59 Å². The molecule has 0 aliphatic rings. The van der Waals surface area contributed by atoms with Gasteiger partial charge in [-0.15, -0.1) is 0 Å². The molecule has 0 aliphatic heterocycles. The number of esters is 1. The van der Waals surface area contributed by atoms with E-state index in [1.54, 1.807) is 13.0 Å². The largest absolute Gasteiger partial charge is 0.496 e. The fraction of sp³-hybridized carbons (Fsp3) is 0.294. The standard InChI is InChI=1S/C17H18O4/c1-3-21-16(19)11-9-14(18)17-13-7-5-4-6-12(13)8-10-15(17)20-2/h4-8,10H,3,9,11H2,1-2H3. The Morgan fingerprint density at radius 2 is 1.81 bits per heavy atom. The van der Waals surface area contributed by atoms with E-state index in [0.29, 0.717) is 17.9 Å². The highest BCUT2D eigenvalue weighted by Crippen LogP contribution is 2.29. The third-order valence-electron chi connectivity index (χ3n) is 3.25. The molecule has 0 N–H and O–H groups in total. The van der Waals surface area contributed by atoms with Gasteiger partial charge in [-0.25, -0.2) is 0 Å². The minimum absolute atomic E-state index is 0.0824. The van der Waals surface area contributed by atoms with Crippen molar-refractivity contribution in [1.82, 2.24) is 0 Å². The lowest BCUT2D eigenvalue weighted by molar-refractivity contribution is -0.143.